The van der Waals surface area contributed by atoms with Gasteiger partial charge in [0.05, 0.1) is 21.8 Å². The summed E-state index contributed by atoms with van der Waals surface area (Å²) in [4.78, 5) is 22.5. The van der Waals surface area contributed by atoms with Gasteiger partial charge in [-0.2, -0.15) is 0 Å². The molecule has 20 heavy (non-hydrogen) atoms. The van der Waals surface area contributed by atoms with Crippen molar-refractivity contribution in [1.82, 2.24) is 5.32 Å². The van der Waals surface area contributed by atoms with Gasteiger partial charge in [0.25, 0.3) is 0 Å². The number of carbonyl (C=O) groups excluding carboxylic acids is 1. The molecule has 2 amide bonds. The van der Waals surface area contributed by atoms with E-state index >= 15 is 0 Å². The number of aliphatic hydroxyl groups excluding tert-OH is 1. The first kappa shape index (κ1) is 17.0. The summed E-state index contributed by atoms with van der Waals surface area (Å²) in [6, 6.07) is 0.821. The average molecular weight is 386 g/mol. The van der Waals surface area contributed by atoms with E-state index in [4.69, 9.17) is 28.3 Å². The van der Waals surface area contributed by atoms with Crippen LogP contribution in [0.4, 0.5) is 10.5 Å². The topological polar surface area (TPSA) is 98.7 Å². The van der Waals surface area contributed by atoms with Crippen LogP contribution in [-0.4, -0.2) is 34.4 Å². The quantitative estimate of drug-likeness (QED) is 0.599. The number of nitrogens with one attached hydrogen (secondary N) is 2. The summed E-state index contributed by atoms with van der Waals surface area (Å²) in [7, 11) is 0. The average Bonchev–Trinajstić information content (AvgIpc) is 2.36. The van der Waals surface area contributed by atoms with E-state index in [0.717, 1.165) is 0 Å². The van der Waals surface area contributed by atoms with Crippen LogP contribution in [0, 0.1) is 0 Å². The highest BCUT2D eigenvalue weighted by Crippen LogP contribution is 2.35. The predicted molar refractivity (Wildman–Crippen MR) is 79.4 cm³/mol. The first-order chi connectivity index (χ1) is 9.23. The summed E-state index contributed by atoms with van der Waals surface area (Å²) in [5.41, 5.74) is 0.215. The molecule has 2 atom stereocenters. The Kier molecular flexibility index (Phi) is 6.07. The molecule has 6 nitrogen and oxygen atoms in total. The highest BCUT2D eigenvalue weighted by molar-refractivity contribution is 9.10. The van der Waals surface area contributed by atoms with Gasteiger partial charge in [-0.05, 0) is 35.0 Å². The zero-order valence-corrected chi connectivity index (χ0v) is 13.3. The third kappa shape index (κ3) is 4.24. The Hall–Kier alpha value is -1.02. The number of benzene rings is 1. The van der Waals surface area contributed by atoms with Gasteiger partial charge in [0.15, 0.2) is 6.04 Å². The van der Waals surface area contributed by atoms with E-state index in [0.29, 0.717) is 4.47 Å². The maximum Gasteiger partial charge on any atom is 0.328 e. The number of aliphatic carboxylic acids is 1. The van der Waals surface area contributed by atoms with Gasteiger partial charge < -0.3 is 20.8 Å². The number of carbonyl (C=O) groups is 2. The fourth-order valence-electron chi connectivity index (χ4n) is 1.31. The summed E-state index contributed by atoms with van der Waals surface area (Å²) in [6.45, 7) is 1.25. The van der Waals surface area contributed by atoms with Gasteiger partial charge in [-0.15, -0.1) is 0 Å². The largest absolute Gasteiger partial charge is 0.480 e. The zero-order valence-electron chi connectivity index (χ0n) is 10.2. The van der Waals surface area contributed by atoms with Crippen LogP contribution < -0.4 is 10.6 Å². The number of urea groups is 1. The lowest BCUT2D eigenvalue weighted by Crippen LogP contribution is -2.49. The molecule has 4 N–H and O–H groups in total. The Labute approximate surface area is 133 Å². The van der Waals surface area contributed by atoms with Gasteiger partial charge in [0, 0.05) is 4.47 Å². The minimum Gasteiger partial charge on any atom is -0.480 e. The fourth-order valence-corrected chi connectivity index (χ4v) is 2.13. The van der Waals surface area contributed by atoms with Crippen molar-refractivity contribution in [1.29, 1.82) is 0 Å². The van der Waals surface area contributed by atoms with E-state index in [1.807, 2.05) is 0 Å². The molecule has 0 unspecified atom stereocenters. The number of aliphatic hydroxyl groups is 1. The van der Waals surface area contributed by atoms with Crippen LogP contribution >= 0.6 is 39.1 Å². The monoisotopic (exact) mass is 384 g/mol. The molecule has 0 saturated carbocycles. The molecule has 0 aromatic heterocycles. The summed E-state index contributed by atoms with van der Waals surface area (Å²) in [5.74, 6) is -1.35. The summed E-state index contributed by atoms with van der Waals surface area (Å²) in [5, 5.41) is 22.9. The van der Waals surface area contributed by atoms with Crippen molar-refractivity contribution in [3.05, 3.63) is 26.7 Å². The standard InChI is InChI=1S/C11H11BrCl2N2O4/c1-4(17)9(10(18)19)16-11(20)15-6-3-2-5(12)7(13)8(6)14/h2-4,9,17H,1H3,(H,18,19)(H2,15,16,20)/t4-,9+/m1/s1. The second-order valence-corrected chi connectivity index (χ2v) is 5.49. The molecule has 0 saturated heterocycles. The minimum atomic E-state index is -1.43. The van der Waals surface area contributed by atoms with Crippen LogP contribution in [0.5, 0.6) is 0 Å². The molecule has 0 radical (unpaired) electrons. The number of carboxylic acid groups (broad SMARTS) is 1. The maximum atomic E-state index is 11.7. The highest BCUT2D eigenvalue weighted by Gasteiger charge is 2.25. The van der Waals surface area contributed by atoms with Gasteiger partial charge in [-0.25, -0.2) is 9.59 Å². The van der Waals surface area contributed by atoms with Crippen LogP contribution in [0.2, 0.25) is 10.0 Å². The Morgan fingerprint density at radius 3 is 2.40 bits per heavy atom. The van der Waals surface area contributed by atoms with E-state index in [9.17, 15) is 14.7 Å². The lowest BCUT2D eigenvalue weighted by molar-refractivity contribution is -0.141. The number of anilines is 1. The lowest BCUT2D eigenvalue weighted by atomic mass is 10.2. The van der Waals surface area contributed by atoms with Gasteiger partial charge in [-0.1, -0.05) is 23.2 Å². The fraction of sp³-hybridized carbons (Fsp3) is 0.273. The smallest absolute Gasteiger partial charge is 0.328 e. The molecular formula is C11H11BrCl2N2O4. The first-order valence-electron chi connectivity index (χ1n) is 5.36. The predicted octanol–water partition coefficient (Wildman–Crippen LogP) is 2.71. The van der Waals surface area contributed by atoms with Gasteiger partial charge in [-0.3, -0.25) is 0 Å². The van der Waals surface area contributed by atoms with Crippen molar-refractivity contribution in [3.63, 3.8) is 0 Å². The molecule has 0 bridgehead atoms. The maximum absolute atomic E-state index is 11.7. The van der Waals surface area contributed by atoms with Crippen molar-refractivity contribution in [2.75, 3.05) is 5.32 Å². The lowest BCUT2D eigenvalue weighted by Gasteiger charge is -2.18. The molecule has 0 aliphatic heterocycles. The summed E-state index contributed by atoms with van der Waals surface area (Å²) < 4.78 is 0.558. The van der Waals surface area contributed by atoms with Crippen molar-refractivity contribution < 1.29 is 19.8 Å². The molecule has 0 fully saturated rings. The molecule has 0 spiro atoms. The Bertz CT molecular complexity index is 539. The third-order valence-electron chi connectivity index (χ3n) is 2.32. The van der Waals surface area contributed by atoms with E-state index in [-0.39, 0.29) is 15.7 Å². The zero-order chi connectivity index (χ0) is 15.4. The molecule has 1 rings (SSSR count). The number of hydrogen-bond acceptors (Lipinski definition) is 3. The molecule has 1 aromatic carbocycles. The number of hydrogen-bond donors (Lipinski definition) is 4. The van der Waals surface area contributed by atoms with E-state index in [1.54, 1.807) is 6.07 Å². The van der Waals surface area contributed by atoms with Crippen molar-refractivity contribution in [3.8, 4) is 0 Å². The van der Waals surface area contributed by atoms with Crippen LogP contribution in [0.1, 0.15) is 6.92 Å². The van der Waals surface area contributed by atoms with Gasteiger partial charge in [0.1, 0.15) is 0 Å². The van der Waals surface area contributed by atoms with Gasteiger partial charge >= 0.3 is 12.0 Å². The molecule has 9 heteroatoms. The molecule has 110 valence electrons. The number of halogens is 3. The Balaban J connectivity index is 2.81. The molecule has 0 aliphatic rings. The van der Waals surface area contributed by atoms with E-state index < -0.39 is 24.1 Å². The van der Waals surface area contributed by atoms with Crippen LogP contribution in [0.25, 0.3) is 0 Å². The second-order valence-electron chi connectivity index (χ2n) is 3.88. The molecule has 1 aromatic rings. The number of amides is 2. The van der Waals surface area contributed by atoms with E-state index in [1.165, 1.54) is 13.0 Å². The van der Waals surface area contributed by atoms with Crippen molar-refractivity contribution >= 4 is 56.8 Å². The molecule has 0 aliphatic carbocycles. The summed E-state index contributed by atoms with van der Waals surface area (Å²) >= 11 is 15.0. The van der Waals surface area contributed by atoms with Gasteiger partial charge in [0.2, 0.25) is 0 Å². The second kappa shape index (κ2) is 7.12. The third-order valence-corrected chi connectivity index (χ3v) is 4.09. The van der Waals surface area contributed by atoms with Crippen LogP contribution in [-0.2, 0) is 4.79 Å². The Morgan fingerprint density at radius 2 is 1.90 bits per heavy atom. The molecule has 0 heterocycles. The number of rotatable bonds is 4. The normalized spacial score (nSPS) is 13.4. The Morgan fingerprint density at radius 1 is 1.30 bits per heavy atom. The highest BCUT2D eigenvalue weighted by atomic mass is 79.9. The number of carboxylic acids is 1. The van der Waals surface area contributed by atoms with Crippen LogP contribution in [0.15, 0.2) is 16.6 Å². The SMILES string of the molecule is C[C@@H](O)[C@H](NC(=O)Nc1ccc(Br)c(Cl)c1Cl)C(=O)O. The minimum absolute atomic E-state index is 0.111. The van der Waals surface area contributed by atoms with Crippen LogP contribution in [0.3, 0.4) is 0 Å². The van der Waals surface area contributed by atoms with Crippen molar-refractivity contribution in [2.24, 2.45) is 0 Å². The van der Waals surface area contributed by atoms with E-state index in [2.05, 4.69) is 26.6 Å². The molecular weight excluding hydrogens is 375 g/mol. The van der Waals surface area contributed by atoms with Crippen molar-refractivity contribution in [2.45, 2.75) is 19.1 Å². The first-order valence-corrected chi connectivity index (χ1v) is 6.90. The summed E-state index contributed by atoms with van der Waals surface area (Å²) in [6.07, 6.45) is -1.25.